The van der Waals surface area contributed by atoms with Gasteiger partial charge in [0.25, 0.3) is 5.88 Å². The molecular formula is C11H17N5O3. The van der Waals surface area contributed by atoms with Crippen LogP contribution in [0.5, 0.6) is 5.88 Å². The van der Waals surface area contributed by atoms with E-state index in [1.165, 1.54) is 26.3 Å². The maximum Gasteiger partial charge on any atom is 0.372 e. The molecule has 1 fully saturated rings. The summed E-state index contributed by atoms with van der Waals surface area (Å²) in [4.78, 5) is 20.3. The van der Waals surface area contributed by atoms with Gasteiger partial charge in [-0.05, 0) is 19.9 Å². The van der Waals surface area contributed by atoms with E-state index in [1.54, 1.807) is 0 Å². The number of nitrogens with one attached hydrogen (secondary N) is 1. The highest BCUT2D eigenvalue weighted by atomic mass is 16.6. The van der Waals surface area contributed by atoms with E-state index in [0.29, 0.717) is 12.6 Å². The molecule has 1 saturated carbocycles. The lowest BCUT2D eigenvalue weighted by molar-refractivity contribution is -0.385. The van der Waals surface area contributed by atoms with Crippen molar-refractivity contribution < 1.29 is 9.66 Å². The monoisotopic (exact) mass is 267 g/mol. The van der Waals surface area contributed by atoms with Crippen LogP contribution in [-0.2, 0) is 0 Å². The first-order valence-corrected chi connectivity index (χ1v) is 6.11. The second-order valence-corrected chi connectivity index (χ2v) is 4.48. The van der Waals surface area contributed by atoms with Crippen molar-refractivity contribution in [1.29, 1.82) is 0 Å². The standard InChI is InChI=1S/C11H17N5O3/c1-15(8-3-4-8)6-5-12-10-9(16(17)18)11(19-2)14-7-13-10/h7-8H,3-6H2,1-2H3,(H,12,13,14). The van der Waals surface area contributed by atoms with Crippen molar-refractivity contribution in [2.75, 3.05) is 32.6 Å². The Balaban J connectivity index is 2.00. The van der Waals surface area contributed by atoms with Crippen LogP contribution in [-0.4, -0.2) is 53.1 Å². The molecule has 0 atom stereocenters. The molecule has 0 saturated heterocycles. The summed E-state index contributed by atoms with van der Waals surface area (Å²) in [5.41, 5.74) is -0.223. The van der Waals surface area contributed by atoms with E-state index in [4.69, 9.17) is 4.74 Å². The minimum atomic E-state index is -0.536. The van der Waals surface area contributed by atoms with Crippen molar-refractivity contribution >= 4 is 11.5 Å². The molecule has 0 aliphatic heterocycles. The van der Waals surface area contributed by atoms with Gasteiger partial charge in [0.2, 0.25) is 5.82 Å². The topological polar surface area (TPSA) is 93.4 Å². The van der Waals surface area contributed by atoms with Crippen LogP contribution in [0.15, 0.2) is 6.33 Å². The SMILES string of the molecule is COc1ncnc(NCCN(C)C2CC2)c1[N+](=O)[O-]. The van der Waals surface area contributed by atoms with Crippen LogP contribution in [0, 0.1) is 10.1 Å². The lowest BCUT2D eigenvalue weighted by Crippen LogP contribution is -2.27. The van der Waals surface area contributed by atoms with Crippen molar-refractivity contribution in [3.05, 3.63) is 16.4 Å². The number of methoxy groups -OCH3 is 1. The predicted octanol–water partition coefficient (Wildman–Crippen LogP) is 0.899. The fourth-order valence-corrected chi connectivity index (χ4v) is 1.85. The average molecular weight is 267 g/mol. The normalized spacial score (nSPS) is 14.5. The number of rotatable bonds is 7. The highest BCUT2D eigenvalue weighted by Gasteiger charge is 2.26. The second-order valence-electron chi connectivity index (χ2n) is 4.48. The van der Waals surface area contributed by atoms with Crippen LogP contribution >= 0.6 is 0 Å². The van der Waals surface area contributed by atoms with Gasteiger partial charge in [0, 0.05) is 19.1 Å². The summed E-state index contributed by atoms with van der Waals surface area (Å²) in [6, 6.07) is 0.664. The third-order valence-electron chi connectivity index (χ3n) is 3.09. The second kappa shape index (κ2) is 5.79. The Morgan fingerprint density at radius 1 is 1.58 bits per heavy atom. The number of likely N-dealkylation sites (N-methyl/N-ethyl adjacent to an activating group) is 1. The van der Waals surface area contributed by atoms with E-state index in [0.717, 1.165) is 6.54 Å². The van der Waals surface area contributed by atoms with E-state index in [1.807, 2.05) is 7.05 Å². The Bertz CT molecular complexity index is 464. The number of nitrogens with zero attached hydrogens (tertiary/aromatic N) is 4. The van der Waals surface area contributed by atoms with Crippen molar-refractivity contribution in [1.82, 2.24) is 14.9 Å². The Morgan fingerprint density at radius 2 is 2.32 bits per heavy atom. The smallest absolute Gasteiger partial charge is 0.372 e. The summed E-state index contributed by atoms with van der Waals surface area (Å²) < 4.78 is 4.88. The van der Waals surface area contributed by atoms with Gasteiger partial charge < -0.3 is 15.0 Å². The zero-order valence-electron chi connectivity index (χ0n) is 11.0. The molecule has 1 aliphatic rings. The first-order valence-electron chi connectivity index (χ1n) is 6.11. The zero-order chi connectivity index (χ0) is 13.8. The molecule has 104 valence electrons. The van der Waals surface area contributed by atoms with Crippen LogP contribution in [0.25, 0.3) is 0 Å². The van der Waals surface area contributed by atoms with Gasteiger partial charge in [-0.3, -0.25) is 10.1 Å². The molecule has 0 amide bonds. The van der Waals surface area contributed by atoms with Gasteiger partial charge in [0.15, 0.2) is 0 Å². The van der Waals surface area contributed by atoms with Gasteiger partial charge in [-0.2, -0.15) is 4.98 Å². The van der Waals surface area contributed by atoms with Gasteiger partial charge >= 0.3 is 5.69 Å². The van der Waals surface area contributed by atoms with Gasteiger partial charge in [0.05, 0.1) is 12.0 Å². The lowest BCUT2D eigenvalue weighted by Gasteiger charge is -2.15. The highest BCUT2D eigenvalue weighted by Crippen LogP contribution is 2.30. The quantitative estimate of drug-likeness (QED) is 0.579. The fraction of sp³-hybridized carbons (Fsp3) is 0.636. The summed E-state index contributed by atoms with van der Waals surface area (Å²) in [6.45, 7) is 1.40. The first kappa shape index (κ1) is 13.5. The van der Waals surface area contributed by atoms with Crippen molar-refractivity contribution in [3.63, 3.8) is 0 Å². The summed E-state index contributed by atoms with van der Waals surface area (Å²) in [6.07, 6.45) is 3.72. The largest absolute Gasteiger partial charge is 0.476 e. The van der Waals surface area contributed by atoms with Crippen LogP contribution in [0.4, 0.5) is 11.5 Å². The number of hydrogen-bond acceptors (Lipinski definition) is 7. The van der Waals surface area contributed by atoms with E-state index < -0.39 is 4.92 Å². The molecular weight excluding hydrogens is 250 g/mol. The highest BCUT2D eigenvalue weighted by molar-refractivity contribution is 5.60. The molecule has 2 rings (SSSR count). The molecule has 0 bridgehead atoms. The fourth-order valence-electron chi connectivity index (χ4n) is 1.85. The molecule has 0 aromatic carbocycles. The maximum absolute atomic E-state index is 11.0. The Kier molecular flexibility index (Phi) is 4.10. The van der Waals surface area contributed by atoms with Gasteiger partial charge in [-0.25, -0.2) is 4.98 Å². The summed E-state index contributed by atoms with van der Waals surface area (Å²) in [5.74, 6) is 0.166. The minimum absolute atomic E-state index is 0.0296. The van der Waals surface area contributed by atoms with E-state index in [2.05, 4.69) is 20.2 Å². The summed E-state index contributed by atoms with van der Waals surface area (Å²) >= 11 is 0. The molecule has 0 radical (unpaired) electrons. The summed E-state index contributed by atoms with van der Waals surface area (Å²) in [7, 11) is 3.40. The average Bonchev–Trinajstić information content (AvgIpc) is 3.22. The molecule has 1 aliphatic carbocycles. The molecule has 0 unspecified atom stereocenters. The maximum atomic E-state index is 11.0. The van der Waals surface area contributed by atoms with Crippen LogP contribution in [0.3, 0.4) is 0 Å². The Morgan fingerprint density at radius 3 is 2.89 bits per heavy atom. The van der Waals surface area contributed by atoms with Gasteiger partial charge in [0.1, 0.15) is 6.33 Å². The van der Waals surface area contributed by atoms with Crippen LogP contribution in [0.1, 0.15) is 12.8 Å². The third-order valence-corrected chi connectivity index (χ3v) is 3.09. The molecule has 8 heteroatoms. The Labute approximate surface area is 110 Å². The molecule has 1 aromatic rings. The molecule has 1 heterocycles. The van der Waals surface area contributed by atoms with E-state index in [-0.39, 0.29) is 17.4 Å². The van der Waals surface area contributed by atoms with Gasteiger partial charge in [-0.15, -0.1) is 0 Å². The summed E-state index contributed by atoms with van der Waals surface area (Å²) in [5, 5.41) is 14.0. The first-order chi connectivity index (χ1) is 9.13. The molecule has 0 spiro atoms. The van der Waals surface area contributed by atoms with Crippen molar-refractivity contribution in [2.24, 2.45) is 0 Å². The minimum Gasteiger partial charge on any atom is -0.476 e. The van der Waals surface area contributed by atoms with Crippen LogP contribution in [0.2, 0.25) is 0 Å². The lowest BCUT2D eigenvalue weighted by atomic mass is 10.4. The number of hydrogen-bond donors (Lipinski definition) is 1. The molecule has 19 heavy (non-hydrogen) atoms. The molecule has 1 N–H and O–H groups in total. The number of nitro groups is 1. The zero-order valence-corrected chi connectivity index (χ0v) is 11.0. The third kappa shape index (κ3) is 3.28. The van der Waals surface area contributed by atoms with Gasteiger partial charge in [-0.1, -0.05) is 0 Å². The number of anilines is 1. The van der Waals surface area contributed by atoms with Crippen LogP contribution < -0.4 is 10.1 Å². The number of aromatic nitrogens is 2. The molecule has 8 nitrogen and oxygen atoms in total. The van der Waals surface area contributed by atoms with E-state index in [9.17, 15) is 10.1 Å². The predicted molar refractivity (Wildman–Crippen MR) is 69.4 cm³/mol. The number of ether oxygens (including phenoxy) is 1. The Hall–Kier alpha value is -1.96. The van der Waals surface area contributed by atoms with Crippen molar-refractivity contribution in [2.45, 2.75) is 18.9 Å². The molecule has 1 aromatic heterocycles. The van der Waals surface area contributed by atoms with Crippen molar-refractivity contribution in [3.8, 4) is 5.88 Å². The van der Waals surface area contributed by atoms with E-state index >= 15 is 0 Å².